The first-order chi connectivity index (χ1) is 13.1. The summed E-state index contributed by atoms with van der Waals surface area (Å²) >= 11 is 6.12. The Bertz CT molecular complexity index is 972. The number of rotatable bonds is 4. The number of pyridine rings is 1. The number of likely N-dealkylation sites (tertiary alicyclic amines) is 1. The second-order valence-corrected chi connectivity index (χ2v) is 6.98. The lowest BCUT2D eigenvalue weighted by molar-refractivity contribution is 0.0533. The third-order valence-corrected chi connectivity index (χ3v) is 5.04. The van der Waals surface area contributed by atoms with Gasteiger partial charge in [-0.15, -0.1) is 0 Å². The van der Waals surface area contributed by atoms with Gasteiger partial charge in [-0.05, 0) is 31.0 Å². The van der Waals surface area contributed by atoms with Gasteiger partial charge in [0.1, 0.15) is 28.3 Å². The molecule has 1 N–H and O–H groups in total. The third-order valence-electron chi connectivity index (χ3n) is 4.75. The zero-order chi connectivity index (χ0) is 18.8. The van der Waals surface area contributed by atoms with E-state index in [9.17, 15) is 4.79 Å². The zero-order valence-corrected chi connectivity index (χ0v) is 15.7. The Kier molecular flexibility index (Phi) is 4.90. The minimum atomic E-state index is -0.0907. The van der Waals surface area contributed by atoms with Crippen LogP contribution in [-0.4, -0.2) is 47.1 Å². The molecule has 7 heteroatoms. The van der Waals surface area contributed by atoms with Crippen molar-refractivity contribution in [3.63, 3.8) is 0 Å². The summed E-state index contributed by atoms with van der Waals surface area (Å²) in [5.41, 5.74) is 1.45. The number of carbonyl (C=O) groups is 1. The molecule has 0 spiro atoms. The molecule has 3 heterocycles. The molecule has 4 rings (SSSR count). The van der Waals surface area contributed by atoms with Crippen molar-refractivity contribution in [3.8, 4) is 11.5 Å². The van der Waals surface area contributed by atoms with E-state index in [0.29, 0.717) is 29.6 Å². The molecule has 140 valence electrons. The van der Waals surface area contributed by atoms with Gasteiger partial charge in [-0.1, -0.05) is 11.6 Å². The van der Waals surface area contributed by atoms with Crippen molar-refractivity contribution in [2.24, 2.45) is 0 Å². The van der Waals surface area contributed by atoms with Crippen LogP contribution in [0.2, 0.25) is 5.02 Å². The molecule has 0 bridgehead atoms. The number of carbonyl (C=O) groups excluding carboxylic acids is 1. The smallest absolute Gasteiger partial charge is 0.270 e. The lowest BCUT2D eigenvalue weighted by Crippen LogP contribution is -2.44. The van der Waals surface area contributed by atoms with Gasteiger partial charge in [-0.3, -0.25) is 9.78 Å². The molecule has 1 aromatic carbocycles. The first-order valence-electron chi connectivity index (χ1n) is 8.86. The minimum absolute atomic E-state index is 0.0284. The third kappa shape index (κ3) is 3.71. The second-order valence-electron chi connectivity index (χ2n) is 6.58. The van der Waals surface area contributed by atoms with Crippen molar-refractivity contribution < 1.29 is 14.3 Å². The summed E-state index contributed by atoms with van der Waals surface area (Å²) in [6.45, 7) is 1.23. The first kappa shape index (κ1) is 17.7. The molecule has 1 unspecified atom stereocenters. The lowest BCUT2D eigenvalue weighted by Gasteiger charge is -2.32. The summed E-state index contributed by atoms with van der Waals surface area (Å²) in [6.07, 6.45) is 4.87. The highest BCUT2D eigenvalue weighted by atomic mass is 35.5. The van der Waals surface area contributed by atoms with Crippen molar-refractivity contribution in [1.82, 2.24) is 14.9 Å². The van der Waals surface area contributed by atoms with Crippen LogP contribution in [0.15, 0.2) is 42.7 Å². The monoisotopic (exact) mass is 385 g/mol. The molecule has 1 saturated heterocycles. The van der Waals surface area contributed by atoms with E-state index in [4.69, 9.17) is 21.1 Å². The maximum atomic E-state index is 13.0. The second kappa shape index (κ2) is 7.48. The summed E-state index contributed by atoms with van der Waals surface area (Å²) in [6, 6.07) is 9.33. The number of hydrogen-bond acceptors (Lipinski definition) is 4. The van der Waals surface area contributed by atoms with Gasteiger partial charge in [0.05, 0.1) is 13.7 Å². The molecule has 3 aromatic rings. The van der Waals surface area contributed by atoms with Crippen LogP contribution in [0.5, 0.6) is 11.5 Å². The van der Waals surface area contributed by atoms with Crippen LogP contribution in [0.3, 0.4) is 0 Å². The molecule has 2 aromatic heterocycles. The molecule has 1 atom stereocenters. The Labute approximate surface area is 162 Å². The van der Waals surface area contributed by atoms with Gasteiger partial charge in [0.15, 0.2) is 0 Å². The highest BCUT2D eigenvalue weighted by Crippen LogP contribution is 2.27. The normalized spacial score (nSPS) is 17.1. The fraction of sp³-hybridized carbons (Fsp3) is 0.300. The number of methoxy groups -OCH3 is 1. The number of benzene rings is 1. The number of aromatic nitrogens is 2. The van der Waals surface area contributed by atoms with E-state index in [1.165, 1.54) is 0 Å². The quantitative estimate of drug-likeness (QED) is 0.739. The van der Waals surface area contributed by atoms with Gasteiger partial charge in [0, 0.05) is 42.0 Å². The van der Waals surface area contributed by atoms with E-state index in [1.807, 2.05) is 29.2 Å². The number of nitrogens with zero attached hydrogens (tertiary/aromatic N) is 2. The number of ether oxygens (including phenoxy) is 2. The molecule has 0 radical (unpaired) electrons. The van der Waals surface area contributed by atoms with Gasteiger partial charge < -0.3 is 19.4 Å². The Morgan fingerprint density at radius 3 is 3.04 bits per heavy atom. The predicted octanol–water partition coefficient (Wildman–Crippen LogP) is 3.91. The number of halogens is 1. The largest absolute Gasteiger partial charge is 0.497 e. The molecule has 1 fully saturated rings. The Morgan fingerprint density at radius 2 is 2.22 bits per heavy atom. The van der Waals surface area contributed by atoms with Crippen molar-refractivity contribution in [2.75, 3.05) is 20.2 Å². The average molecular weight is 386 g/mol. The van der Waals surface area contributed by atoms with Gasteiger partial charge in [0.25, 0.3) is 5.91 Å². The number of nitrogens with one attached hydrogen (secondary N) is 1. The molecule has 6 nitrogen and oxygen atoms in total. The van der Waals surface area contributed by atoms with Crippen LogP contribution in [0.25, 0.3) is 10.9 Å². The molecule has 1 aliphatic heterocycles. The van der Waals surface area contributed by atoms with Gasteiger partial charge in [-0.2, -0.15) is 0 Å². The number of fused-ring (bicyclic) bond motifs is 1. The highest BCUT2D eigenvalue weighted by Gasteiger charge is 2.27. The summed E-state index contributed by atoms with van der Waals surface area (Å²) in [5, 5.41) is 1.46. The number of H-pyrrole nitrogens is 1. The fourth-order valence-corrected chi connectivity index (χ4v) is 3.54. The van der Waals surface area contributed by atoms with Crippen molar-refractivity contribution in [1.29, 1.82) is 0 Å². The number of hydrogen-bond donors (Lipinski definition) is 1. The summed E-state index contributed by atoms with van der Waals surface area (Å²) in [5.74, 6) is 1.33. The van der Waals surface area contributed by atoms with E-state index >= 15 is 0 Å². The molecular weight excluding hydrogens is 366 g/mol. The Morgan fingerprint density at radius 1 is 1.33 bits per heavy atom. The van der Waals surface area contributed by atoms with Crippen LogP contribution in [-0.2, 0) is 0 Å². The number of amides is 1. The van der Waals surface area contributed by atoms with Gasteiger partial charge in [-0.25, -0.2) is 0 Å². The zero-order valence-electron chi connectivity index (χ0n) is 14.9. The maximum Gasteiger partial charge on any atom is 0.270 e. The molecule has 0 aliphatic carbocycles. The molecular formula is C20H20ClN3O3. The molecule has 0 saturated carbocycles. The van der Waals surface area contributed by atoms with Gasteiger partial charge in [0.2, 0.25) is 0 Å². The van der Waals surface area contributed by atoms with E-state index in [0.717, 1.165) is 29.5 Å². The van der Waals surface area contributed by atoms with E-state index in [2.05, 4.69) is 9.97 Å². The fourth-order valence-electron chi connectivity index (χ4n) is 3.38. The highest BCUT2D eigenvalue weighted by molar-refractivity contribution is 6.31. The maximum absolute atomic E-state index is 13.0. The van der Waals surface area contributed by atoms with Gasteiger partial charge >= 0.3 is 0 Å². The van der Waals surface area contributed by atoms with Crippen LogP contribution < -0.4 is 9.47 Å². The predicted molar refractivity (Wildman–Crippen MR) is 104 cm³/mol. The van der Waals surface area contributed by atoms with Crippen molar-refractivity contribution in [2.45, 2.75) is 18.9 Å². The SMILES string of the molecule is COc1ccc2cc(C(=O)N3CCCC(Oc4ccncc4Cl)C3)[nH]c2c1. The van der Waals surface area contributed by atoms with E-state index in [-0.39, 0.29) is 12.0 Å². The van der Waals surface area contributed by atoms with Crippen molar-refractivity contribution >= 4 is 28.4 Å². The molecule has 27 heavy (non-hydrogen) atoms. The summed E-state index contributed by atoms with van der Waals surface area (Å²) in [7, 11) is 1.62. The standard InChI is InChI=1S/C20H20ClN3O3/c1-26-14-5-4-13-9-18(23-17(13)10-14)20(25)24-8-2-3-15(12-24)27-19-6-7-22-11-16(19)21/h4-7,9-11,15,23H,2-3,8,12H2,1H3. The molecule has 1 aliphatic rings. The average Bonchev–Trinajstić information content (AvgIpc) is 3.12. The van der Waals surface area contributed by atoms with Crippen LogP contribution in [0, 0.1) is 0 Å². The van der Waals surface area contributed by atoms with E-state index < -0.39 is 0 Å². The number of aromatic amines is 1. The summed E-state index contributed by atoms with van der Waals surface area (Å²) in [4.78, 5) is 21.9. The van der Waals surface area contributed by atoms with Crippen LogP contribution >= 0.6 is 11.6 Å². The Balaban J connectivity index is 1.49. The summed E-state index contributed by atoms with van der Waals surface area (Å²) < 4.78 is 11.2. The first-order valence-corrected chi connectivity index (χ1v) is 9.24. The Hall–Kier alpha value is -2.73. The molecule has 1 amide bonds. The minimum Gasteiger partial charge on any atom is -0.497 e. The topological polar surface area (TPSA) is 67.4 Å². The lowest BCUT2D eigenvalue weighted by atomic mass is 10.1. The van der Waals surface area contributed by atoms with E-state index in [1.54, 1.807) is 25.6 Å². The van der Waals surface area contributed by atoms with Crippen molar-refractivity contribution in [3.05, 3.63) is 53.4 Å². The number of piperidine rings is 1. The van der Waals surface area contributed by atoms with Crippen LogP contribution in [0.1, 0.15) is 23.3 Å². The van der Waals surface area contributed by atoms with Crippen LogP contribution in [0.4, 0.5) is 0 Å².